The average molecular weight is 224 g/mol. The standard InChI is InChI=1S/C12H20N2S/c1-2-3-8-10-11(13)15-12(14-10)9-6-4-5-7-9/h9H,2-8,13H2,1H3. The smallest absolute Gasteiger partial charge is 0.109 e. The number of unbranched alkanes of at least 4 members (excludes halogenated alkanes) is 1. The summed E-state index contributed by atoms with van der Waals surface area (Å²) in [4.78, 5) is 4.72. The maximum Gasteiger partial charge on any atom is 0.109 e. The topological polar surface area (TPSA) is 38.9 Å². The number of hydrogen-bond acceptors (Lipinski definition) is 3. The van der Waals surface area contributed by atoms with Crippen LogP contribution in [0.4, 0.5) is 5.00 Å². The lowest BCUT2D eigenvalue weighted by molar-refractivity contribution is 0.705. The third kappa shape index (κ3) is 2.51. The lowest BCUT2D eigenvalue weighted by atomic mass is 10.1. The van der Waals surface area contributed by atoms with Gasteiger partial charge in [0.15, 0.2) is 0 Å². The number of anilines is 1. The normalized spacial score (nSPS) is 17.4. The second-order valence-corrected chi connectivity index (χ2v) is 5.51. The highest BCUT2D eigenvalue weighted by molar-refractivity contribution is 7.15. The van der Waals surface area contributed by atoms with Gasteiger partial charge in [0.1, 0.15) is 5.00 Å². The number of aryl methyl sites for hydroxylation is 1. The monoisotopic (exact) mass is 224 g/mol. The van der Waals surface area contributed by atoms with Crippen molar-refractivity contribution >= 4 is 16.3 Å². The Morgan fingerprint density at radius 3 is 2.80 bits per heavy atom. The van der Waals surface area contributed by atoms with E-state index in [1.807, 2.05) is 0 Å². The largest absolute Gasteiger partial charge is 0.389 e. The Morgan fingerprint density at radius 1 is 1.40 bits per heavy atom. The summed E-state index contributed by atoms with van der Waals surface area (Å²) in [6, 6.07) is 0. The summed E-state index contributed by atoms with van der Waals surface area (Å²) < 4.78 is 0. The highest BCUT2D eigenvalue weighted by Crippen LogP contribution is 2.38. The molecular weight excluding hydrogens is 204 g/mol. The quantitative estimate of drug-likeness (QED) is 0.846. The number of hydrogen-bond donors (Lipinski definition) is 1. The van der Waals surface area contributed by atoms with E-state index in [0.717, 1.165) is 17.1 Å². The first-order valence-electron chi connectivity index (χ1n) is 6.06. The lowest BCUT2D eigenvalue weighted by Crippen LogP contribution is -1.93. The molecule has 1 aliphatic carbocycles. The van der Waals surface area contributed by atoms with Crippen LogP contribution in [0.25, 0.3) is 0 Å². The number of thiazole rings is 1. The van der Waals surface area contributed by atoms with Gasteiger partial charge in [-0.3, -0.25) is 0 Å². The van der Waals surface area contributed by atoms with Crippen molar-refractivity contribution in [1.82, 2.24) is 4.98 Å². The van der Waals surface area contributed by atoms with E-state index in [-0.39, 0.29) is 0 Å². The van der Waals surface area contributed by atoms with E-state index < -0.39 is 0 Å². The average Bonchev–Trinajstić information content (AvgIpc) is 2.83. The first kappa shape index (κ1) is 10.9. The first-order chi connectivity index (χ1) is 7.31. The molecule has 2 rings (SSSR count). The zero-order chi connectivity index (χ0) is 10.7. The van der Waals surface area contributed by atoms with Crippen molar-refractivity contribution in [2.45, 2.75) is 57.8 Å². The van der Waals surface area contributed by atoms with Gasteiger partial charge >= 0.3 is 0 Å². The summed E-state index contributed by atoms with van der Waals surface area (Å²) in [6.45, 7) is 2.21. The van der Waals surface area contributed by atoms with Crippen molar-refractivity contribution in [3.63, 3.8) is 0 Å². The maximum atomic E-state index is 6.01. The van der Waals surface area contributed by atoms with E-state index in [1.165, 1.54) is 43.5 Å². The molecule has 2 nitrogen and oxygen atoms in total. The van der Waals surface area contributed by atoms with Crippen molar-refractivity contribution in [1.29, 1.82) is 0 Å². The van der Waals surface area contributed by atoms with E-state index in [4.69, 9.17) is 10.7 Å². The van der Waals surface area contributed by atoms with Gasteiger partial charge in [-0.25, -0.2) is 4.98 Å². The predicted molar refractivity (Wildman–Crippen MR) is 66.3 cm³/mol. The third-order valence-corrected chi connectivity index (χ3v) is 4.30. The second-order valence-electron chi connectivity index (χ2n) is 4.45. The zero-order valence-electron chi connectivity index (χ0n) is 9.46. The van der Waals surface area contributed by atoms with Crippen LogP contribution in [0.2, 0.25) is 0 Å². The van der Waals surface area contributed by atoms with E-state index in [9.17, 15) is 0 Å². The zero-order valence-corrected chi connectivity index (χ0v) is 10.3. The fraction of sp³-hybridized carbons (Fsp3) is 0.750. The van der Waals surface area contributed by atoms with Crippen LogP contribution in [-0.4, -0.2) is 4.98 Å². The Labute approximate surface area is 95.9 Å². The number of nitrogens with two attached hydrogens (primary N) is 1. The number of rotatable bonds is 4. The van der Waals surface area contributed by atoms with Crippen molar-refractivity contribution in [2.24, 2.45) is 0 Å². The van der Waals surface area contributed by atoms with Gasteiger partial charge < -0.3 is 5.73 Å². The van der Waals surface area contributed by atoms with Crippen LogP contribution in [-0.2, 0) is 6.42 Å². The SMILES string of the molecule is CCCCc1nc(C2CCCC2)sc1N. The molecule has 84 valence electrons. The van der Waals surface area contributed by atoms with Gasteiger partial charge in [-0.05, 0) is 25.7 Å². The Morgan fingerprint density at radius 2 is 2.13 bits per heavy atom. The molecule has 1 aromatic heterocycles. The summed E-state index contributed by atoms with van der Waals surface area (Å²) in [5, 5.41) is 2.27. The predicted octanol–water partition coefficient (Wildman–Crippen LogP) is 3.73. The Balaban J connectivity index is 2.06. The van der Waals surface area contributed by atoms with E-state index >= 15 is 0 Å². The molecule has 0 aromatic carbocycles. The van der Waals surface area contributed by atoms with Crippen LogP contribution in [0, 0.1) is 0 Å². The molecule has 3 heteroatoms. The fourth-order valence-corrected chi connectivity index (χ4v) is 3.30. The van der Waals surface area contributed by atoms with Crippen LogP contribution in [0.15, 0.2) is 0 Å². The molecule has 0 bridgehead atoms. The first-order valence-corrected chi connectivity index (χ1v) is 6.88. The molecule has 2 N–H and O–H groups in total. The van der Waals surface area contributed by atoms with Gasteiger partial charge in [0.25, 0.3) is 0 Å². The molecule has 1 saturated carbocycles. The van der Waals surface area contributed by atoms with Gasteiger partial charge in [-0.1, -0.05) is 26.2 Å². The molecule has 15 heavy (non-hydrogen) atoms. The molecule has 0 radical (unpaired) electrons. The minimum absolute atomic E-state index is 0.715. The fourth-order valence-electron chi connectivity index (χ4n) is 2.25. The maximum absolute atomic E-state index is 6.01. The number of nitrogens with zero attached hydrogens (tertiary/aromatic N) is 1. The minimum atomic E-state index is 0.715. The molecule has 0 amide bonds. The summed E-state index contributed by atoms with van der Waals surface area (Å²) in [5.74, 6) is 0.715. The van der Waals surface area contributed by atoms with Crippen molar-refractivity contribution < 1.29 is 0 Å². The van der Waals surface area contributed by atoms with Gasteiger partial charge in [-0.15, -0.1) is 11.3 Å². The van der Waals surface area contributed by atoms with Gasteiger partial charge in [0, 0.05) is 5.92 Å². The van der Waals surface area contributed by atoms with E-state index in [2.05, 4.69) is 6.92 Å². The van der Waals surface area contributed by atoms with E-state index in [0.29, 0.717) is 5.92 Å². The Hall–Kier alpha value is -0.570. The Kier molecular flexibility index (Phi) is 3.62. The molecule has 1 heterocycles. The molecule has 0 saturated heterocycles. The number of nitrogen functional groups attached to an aromatic ring is 1. The van der Waals surface area contributed by atoms with Gasteiger partial charge in [-0.2, -0.15) is 0 Å². The van der Waals surface area contributed by atoms with Crippen molar-refractivity contribution in [3.8, 4) is 0 Å². The molecule has 0 atom stereocenters. The lowest BCUT2D eigenvalue weighted by Gasteiger charge is -2.02. The third-order valence-electron chi connectivity index (χ3n) is 3.22. The molecule has 0 aliphatic heterocycles. The summed E-state index contributed by atoms with van der Waals surface area (Å²) in [6.07, 6.45) is 8.86. The molecule has 1 aliphatic rings. The molecule has 1 fully saturated rings. The van der Waals surface area contributed by atoms with Crippen molar-refractivity contribution in [2.75, 3.05) is 5.73 Å². The van der Waals surface area contributed by atoms with Crippen LogP contribution >= 0.6 is 11.3 Å². The van der Waals surface area contributed by atoms with Crippen LogP contribution in [0.5, 0.6) is 0 Å². The second kappa shape index (κ2) is 4.97. The summed E-state index contributed by atoms with van der Waals surface area (Å²) in [5.41, 5.74) is 7.16. The summed E-state index contributed by atoms with van der Waals surface area (Å²) >= 11 is 1.73. The number of aromatic nitrogens is 1. The van der Waals surface area contributed by atoms with E-state index in [1.54, 1.807) is 11.3 Å². The van der Waals surface area contributed by atoms with Crippen LogP contribution in [0.3, 0.4) is 0 Å². The van der Waals surface area contributed by atoms with Crippen LogP contribution in [0.1, 0.15) is 62.1 Å². The molecular formula is C12H20N2S. The van der Waals surface area contributed by atoms with Crippen molar-refractivity contribution in [3.05, 3.63) is 10.7 Å². The Bertz CT molecular complexity index is 313. The molecule has 0 spiro atoms. The molecule has 0 unspecified atom stereocenters. The summed E-state index contributed by atoms with van der Waals surface area (Å²) in [7, 11) is 0. The van der Waals surface area contributed by atoms with Gasteiger partial charge in [0.05, 0.1) is 10.7 Å². The molecule has 1 aromatic rings. The van der Waals surface area contributed by atoms with Crippen LogP contribution < -0.4 is 5.73 Å². The van der Waals surface area contributed by atoms with Gasteiger partial charge in [0.2, 0.25) is 0 Å². The highest BCUT2D eigenvalue weighted by Gasteiger charge is 2.21. The minimum Gasteiger partial charge on any atom is -0.389 e. The highest BCUT2D eigenvalue weighted by atomic mass is 32.1.